The second-order valence-corrected chi connectivity index (χ2v) is 14.0. The Labute approximate surface area is 294 Å². The summed E-state index contributed by atoms with van der Waals surface area (Å²) < 4.78 is 24.4. The van der Waals surface area contributed by atoms with Crippen LogP contribution in [0.15, 0.2) is 53.0 Å². The highest BCUT2D eigenvalue weighted by Gasteiger charge is 2.75. The van der Waals surface area contributed by atoms with Crippen molar-refractivity contribution in [1.29, 1.82) is 0 Å². The Morgan fingerprint density at radius 1 is 1.02 bits per heavy atom. The number of amides is 3. The average Bonchev–Trinajstić information content (AvgIpc) is 3.70. The van der Waals surface area contributed by atoms with Crippen LogP contribution in [0.5, 0.6) is 0 Å². The molecule has 266 valence electrons. The van der Waals surface area contributed by atoms with Gasteiger partial charge in [0.15, 0.2) is 0 Å². The number of fused-ring (bicyclic) bond motifs is 2. The maximum Gasteiger partial charge on any atom is 0.313 e. The zero-order valence-electron chi connectivity index (χ0n) is 27.7. The number of benzene rings is 1. The number of likely N-dealkylation sites (tertiary alicyclic amines) is 1. The number of carbonyl (C=O) groups is 4. The molecule has 13 nitrogen and oxygen atoms in total. The van der Waals surface area contributed by atoms with Crippen LogP contribution in [0.4, 0.5) is 0 Å². The van der Waals surface area contributed by atoms with E-state index in [-0.39, 0.29) is 51.0 Å². The van der Waals surface area contributed by atoms with Gasteiger partial charge in [0, 0.05) is 63.9 Å². The monoisotopic (exact) mass is 744 g/mol. The van der Waals surface area contributed by atoms with Crippen LogP contribution in [-0.2, 0) is 38.1 Å². The SMILES string of the molecule is COC[C@@H]1NC(=O)CC/C=C\CN(CCN2CCOCC2)C(=O)[C@H]2N(CCCO)C(=O)[C@@H]3[C@@H](C(=O)O[C@H]1c1ccccc1)[C@@H]1O[C@@]32C=C1Br. The number of aliphatic hydroxyl groups is 1. The molecule has 5 heterocycles. The molecule has 0 aromatic heterocycles. The van der Waals surface area contributed by atoms with Gasteiger partial charge in [-0.15, -0.1) is 0 Å². The summed E-state index contributed by atoms with van der Waals surface area (Å²) in [6.07, 6.45) is 4.61. The van der Waals surface area contributed by atoms with E-state index in [1.807, 2.05) is 42.5 Å². The minimum absolute atomic E-state index is 0.0680. The number of rotatable bonds is 9. The van der Waals surface area contributed by atoms with E-state index in [0.717, 1.165) is 13.1 Å². The van der Waals surface area contributed by atoms with Gasteiger partial charge in [-0.1, -0.05) is 58.4 Å². The molecule has 1 spiro atoms. The fraction of sp³-hybridized carbons (Fsp3) is 0.600. The Morgan fingerprint density at radius 2 is 1.80 bits per heavy atom. The molecule has 7 atom stereocenters. The molecule has 3 fully saturated rings. The van der Waals surface area contributed by atoms with Crippen LogP contribution in [-0.4, -0.2) is 140 Å². The predicted octanol–water partition coefficient (Wildman–Crippen LogP) is 1.17. The lowest BCUT2D eigenvalue weighted by Crippen LogP contribution is -2.57. The lowest BCUT2D eigenvalue weighted by molar-refractivity contribution is -0.162. The number of allylic oxidation sites excluding steroid dienone is 1. The zero-order valence-corrected chi connectivity index (χ0v) is 29.3. The third-order valence-corrected chi connectivity index (χ3v) is 10.7. The maximum atomic E-state index is 14.8. The summed E-state index contributed by atoms with van der Waals surface area (Å²) in [6.45, 7) is 4.01. The van der Waals surface area contributed by atoms with Gasteiger partial charge in [-0.2, -0.15) is 0 Å². The van der Waals surface area contributed by atoms with E-state index in [0.29, 0.717) is 42.8 Å². The first-order valence-electron chi connectivity index (χ1n) is 17.0. The molecule has 3 amide bonds. The molecule has 0 saturated carbocycles. The Balaban J connectivity index is 1.40. The lowest BCUT2D eigenvalue weighted by Gasteiger charge is -2.37. The van der Waals surface area contributed by atoms with Gasteiger partial charge in [-0.05, 0) is 24.5 Å². The van der Waals surface area contributed by atoms with Gasteiger partial charge in [-0.3, -0.25) is 24.1 Å². The van der Waals surface area contributed by atoms with Crippen LogP contribution in [0.3, 0.4) is 0 Å². The molecule has 49 heavy (non-hydrogen) atoms. The van der Waals surface area contributed by atoms with E-state index < -0.39 is 53.6 Å². The van der Waals surface area contributed by atoms with Crippen LogP contribution in [0.25, 0.3) is 0 Å². The number of carbonyl (C=O) groups excluding carboxylic acids is 4. The summed E-state index contributed by atoms with van der Waals surface area (Å²) in [5.74, 6) is -3.71. The number of ether oxygens (including phenoxy) is 4. The van der Waals surface area contributed by atoms with Crippen LogP contribution in [0.2, 0.25) is 0 Å². The van der Waals surface area contributed by atoms with Crippen molar-refractivity contribution in [3.8, 4) is 0 Å². The number of aliphatic hydroxyl groups excluding tert-OH is 1. The van der Waals surface area contributed by atoms with Crippen molar-refractivity contribution in [2.45, 2.75) is 49.2 Å². The van der Waals surface area contributed by atoms with Crippen molar-refractivity contribution in [3.05, 3.63) is 58.6 Å². The molecular weight excluding hydrogens is 700 g/mol. The Morgan fingerprint density at radius 3 is 2.53 bits per heavy atom. The van der Waals surface area contributed by atoms with Gasteiger partial charge in [0.1, 0.15) is 29.8 Å². The van der Waals surface area contributed by atoms with Crippen molar-refractivity contribution >= 4 is 39.6 Å². The third-order valence-electron chi connectivity index (χ3n) is 10.1. The lowest BCUT2D eigenvalue weighted by atomic mass is 9.74. The number of hydrogen-bond donors (Lipinski definition) is 2. The quantitative estimate of drug-likeness (QED) is 0.279. The van der Waals surface area contributed by atoms with Gasteiger partial charge < -0.3 is 39.2 Å². The van der Waals surface area contributed by atoms with E-state index in [1.165, 1.54) is 12.0 Å². The normalized spacial score (nSPS) is 33.3. The number of hydrogen-bond acceptors (Lipinski definition) is 10. The van der Waals surface area contributed by atoms with Crippen LogP contribution in [0.1, 0.15) is 30.9 Å². The van der Waals surface area contributed by atoms with Gasteiger partial charge in [0.05, 0.1) is 31.8 Å². The largest absolute Gasteiger partial charge is 0.455 e. The van der Waals surface area contributed by atoms with Gasteiger partial charge in [0.2, 0.25) is 17.7 Å². The van der Waals surface area contributed by atoms with E-state index in [9.17, 15) is 24.3 Å². The smallest absolute Gasteiger partial charge is 0.313 e. The summed E-state index contributed by atoms with van der Waals surface area (Å²) in [5.41, 5.74) is -0.774. The molecule has 14 heteroatoms. The first-order valence-corrected chi connectivity index (χ1v) is 17.8. The number of nitrogens with one attached hydrogen (secondary N) is 1. The summed E-state index contributed by atoms with van der Waals surface area (Å²) in [6, 6.07) is 7.31. The highest BCUT2D eigenvalue weighted by atomic mass is 79.9. The molecule has 3 saturated heterocycles. The van der Waals surface area contributed by atoms with Crippen molar-refractivity contribution < 1.29 is 43.2 Å². The Kier molecular flexibility index (Phi) is 11.5. The molecule has 5 bridgehead atoms. The summed E-state index contributed by atoms with van der Waals surface area (Å²) in [5, 5.41) is 12.8. The predicted molar refractivity (Wildman–Crippen MR) is 180 cm³/mol. The van der Waals surface area contributed by atoms with Crippen molar-refractivity contribution in [2.75, 3.05) is 72.8 Å². The number of nitrogens with zero attached hydrogens (tertiary/aromatic N) is 3. The molecular formula is C35H45BrN4O9. The third kappa shape index (κ3) is 7.22. The summed E-state index contributed by atoms with van der Waals surface area (Å²) in [4.78, 5) is 62.2. The highest BCUT2D eigenvalue weighted by Crippen LogP contribution is 2.59. The number of methoxy groups -OCH3 is 1. The summed E-state index contributed by atoms with van der Waals surface area (Å²) in [7, 11) is 1.51. The molecule has 0 aliphatic carbocycles. The van der Waals surface area contributed by atoms with Gasteiger partial charge in [0.25, 0.3) is 0 Å². The maximum absolute atomic E-state index is 14.8. The number of esters is 1. The average molecular weight is 746 g/mol. The first-order chi connectivity index (χ1) is 23.8. The zero-order chi connectivity index (χ0) is 34.5. The fourth-order valence-electron chi connectivity index (χ4n) is 7.72. The molecule has 5 aliphatic heterocycles. The minimum Gasteiger partial charge on any atom is -0.455 e. The molecule has 0 radical (unpaired) electrons. The molecule has 1 aromatic rings. The Hall–Kier alpha value is -3.14. The van der Waals surface area contributed by atoms with Gasteiger partial charge >= 0.3 is 5.97 Å². The van der Waals surface area contributed by atoms with Crippen LogP contribution < -0.4 is 5.32 Å². The number of cyclic esters (lactones) is 1. The first kappa shape index (κ1) is 35.7. The Bertz CT molecular complexity index is 1440. The number of morpholine rings is 1. The van der Waals surface area contributed by atoms with Crippen molar-refractivity contribution in [2.24, 2.45) is 11.8 Å². The molecule has 0 unspecified atom stereocenters. The fourth-order valence-corrected chi connectivity index (χ4v) is 8.46. The minimum atomic E-state index is -1.42. The van der Waals surface area contributed by atoms with E-state index in [4.69, 9.17) is 18.9 Å². The number of halogens is 1. The van der Waals surface area contributed by atoms with Crippen LogP contribution >= 0.6 is 15.9 Å². The van der Waals surface area contributed by atoms with Crippen molar-refractivity contribution in [3.63, 3.8) is 0 Å². The molecule has 2 N–H and O–H groups in total. The second-order valence-electron chi connectivity index (χ2n) is 13.1. The molecule has 6 rings (SSSR count). The topological polar surface area (TPSA) is 147 Å². The van der Waals surface area contributed by atoms with E-state index in [1.54, 1.807) is 11.0 Å². The highest BCUT2D eigenvalue weighted by molar-refractivity contribution is 9.11. The molecule has 5 aliphatic rings. The van der Waals surface area contributed by atoms with Crippen LogP contribution in [0, 0.1) is 11.8 Å². The van der Waals surface area contributed by atoms with Crippen molar-refractivity contribution in [1.82, 2.24) is 20.0 Å². The second kappa shape index (κ2) is 15.8. The summed E-state index contributed by atoms with van der Waals surface area (Å²) >= 11 is 3.60. The standard InChI is InChI=1S/C35H45BrN4O9/c1-46-22-25-29(23-9-4-2-5-10-23)48-34(45)27-28-32(43)40(13-8-18-41)31(35(28)21-24(36)30(27)49-35)33(44)39(12-7-3-6-11-26(42)37-25)15-14-38-16-19-47-20-17-38/h2-5,7,9-10,21,25,27-31,41H,6,8,11-20,22H2,1H3,(H,37,42)/b7-3-/t25-,27+,28-,29-,30+,31+,35-/m0/s1. The van der Waals surface area contributed by atoms with E-state index >= 15 is 0 Å². The van der Waals surface area contributed by atoms with E-state index in [2.05, 4.69) is 26.1 Å². The van der Waals surface area contributed by atoms with Gasteiger partial charge in [-0.25, -0.2) is 0 Å². The molecule has 1 aromatic carbocycles.